The van der Waals surface area contributed by atoms with Crippen LogP contribution in [0.2, 0.25) is 0 Å². The number of carbonyl (C=O) groups excluding carboxylic acids is 3. The van der Waals surface area contributed by atoms with E-state index < -0.39 is 23.9 Å². The molecule has 3 aliphatic rings. The average molecular weight is 579 g/mol. The first-order valence-electron chi connectivity index (χ1n) is 12.8. The minimum Gasteiger partial charge on any atom is -0.496 e. The SMILES string of the molecule is COc1ccc(C(=O)C2C3C(=O)N(c4ccc5ccccc5c4)C(=O)C3C3c4ccccc4C=CN23)cc1Br. The molecule has 39 heavy (non-hydrogen) atoms. The molecule has 4 unspecified atom stereocenters. The van der Waals surface area contributed by atoms with Gasteiger partial charge in [0.2, 0.25) is 11.8 Å². The Morgan fingerprint density at radius 3 is 2.38 bits per heavy atom. The molecule has 3 aliphatic heterocycles. The van der Waals surface area contributed by atoms with Crippen LogP contribution in [0.25, 0.3) is 16.8 Å². The molecule has 0 spiro atoms. The summed E-state index contributed by atoms with van der Waals surface area (Å²) in [6, 6.07) is 25.2. The number of imide groups is 1. The lowest BCUT2D eigenvalue weighted by Crippen LogP contribution is -2.44. The Hall–Kier alpha value is -4.23. The fourth-order valence-corrected chi connectivity index (χ4v) is 6.96. The largest absolute Gasteiger partial charge is 0.496 e. The van der Waals surface area contributed by atoms with Gasteiger partial charge in [0, 0.05) is 11.8 Å². The molecule has 0 bridgehead atoms. The highest BCUT2D eigenvalue weighted by molar-refractivity contribution is 9.10. The number of anilines is 1. The van der Waals surface area contributed by atoms with Crippen molar-refractivity contribution in [2.24, 2.45) is 11.8 Å². The maximum Gasteiger partial charge on any atom is 0.240 e. The standard InChI is InChI=1S/C32H23BrN2O4/c1-39-25-13-11-21(17-24(25)33)30(36)29-27-26(28-23-9-5-4-7-19(23)14-15-34(28)29)31(37)35(32(27)38)22-12-10-18-6-2-3-8-20(18)16-22/h2-17,26-29H,1H3. The van der Waals surface area contributed by atoms with Crippen LogP contribution >= 0.6 is 15.9 Å². The van der Waals surface area contributed by atoms with Gasteiger partial charge in [0.1, 0.15) is 11.8 Å². The van der Waals surface area contributed by atoms with E-state index in [0.29, 0.717) is 21.5 Å². The molecule has 6 nitrogen and oxygen atoms in total. The highest BCUT2D eigenvalue weighted by Crippen LogP contribution is 2.54. The second-order valence-electron chi connectivity index (χ2n) is 10.1. The van der Waals surface area contributed by atoms with Crippen molar-refractivity contribution >= 4 is 56.1 Å². The Balaban J connectivity index is 1.36. The summed E-state index contributed by atoms with van der Waals surface area (Å²) < 4.78 is 5.99. The third-order valence-corrected chi connectivity index (χ3v) is 8.78. The average Bonchev–Trinajstić information content (AvgIpc) is 3.44. The zero-order valence-electron chi connectivity index (χ0n) is 21.0. The summed E-state index contributed by atoms with van der Waals surface area (Å²) in [7, 11) is 1.56. The minimum absolute atomic E-state index is 0.207. The van der Waals surface area contributed by atoms with E-state index in [9.17, 15) is 14.4 Å². The summed E-state index contributed by atoms with van der Waals surface area (Å²) in [6.45, 7) is 0. The van der Waals surface area contributed by atoms with Gasteiger partial charge < -0.3 is 9.64 Å². The van der Waals surface area contributed by atoms with Gasteiger partial charge in [-0.2, -0.15) is 0 Å². The van der Waals surface area contributed by atoms with Crippen LogP contribution in [0, 0.1) is 11.8 Å². The second-order valence-corrected chi connectivity index (χ2v) is 10.9. The fraction of sp³-hybridized carbons (Fsp3) is 0.156. The lowest BCUT2D eigenvalue weighted by atomic mass is 9.83. The lowest BCUT2D eigenvalue weighted by molar-refractivity contribution is -0.123. The molecule has 4 atom stereocenters. The first-order valence-corrected chi connectivity index (χ1v) is 13.6. The Bertz CT molecular complexity index is 1730. The quantitative estimate of drug-likeness (QED) is 0.219. The molecule has 0 aliphatic carbocycles. The smallest absolute Gasteiger partial charge is 0.240 e. The molecule has 7 rings (SSSR count). The van der Waals surface area contributed by atoms with Gasteiger partial charge in [-0.3, -0.25) is 14.4 Å². The van der Waals surface area contributed by atoms with Crippen LogP contribution in [0.3, 0.4) is 0 Å². The maximum atomic E-state index is 14.2. The van der Waals surface area contributed by atoms with Gasteiger partial charge >= 0.3 is 0 Å². The van der Waals surface area contributed by atoms with Crippen LogP contribution in [-0.4, -0.2) is 35.6 Å². The predicted molar refractivity (Wildman–Crippen MR) is 152 cm³/mol. The van der Waals surface area contributed by atoms with Crippen LogP contribution < -0.4 is 9.64 Å². The van der Waals surface area contributed by atoms with Crippen molar-refractivity contribution < 1.29 is 19.1 Å². The van der Waals surface area contributed by atoms with Gasteiger partial charge in [0.25, 0.3) is 0 Å². The first-order chi connectivity index (χ1) is 19.0. The van der Waals surface area contributed by atoms with Gasteiger partial charge in [-0.1, -0.05) is 54.6 Å². The molecule has 3 heterocycles. The molecule has 2 fully saturated rings. The number of methoxy groups -OCH3 is 1. The molecule has 192 valence electrons. The number of ketones is 1. The van der Waals surface area contributed by atoms with Gasteiger partial charge in [-0.15, -0.1) is 0 Å². The number of hydrogen-bond acceptors (Lipinski definition) is 5. The van der Waals surface area contributed by atoms with Gasteiger partial charge in [-0.05, 0) is 74.2 Å². The molecule has 2 amide bonds. The molecule has 2 saturated heterocycles. The maximum absolute atomic E-state index is 14.2. The predicted octanol–water partition coefficient (Wildman–Crippen LogP) is 6.01. The van der Waals surface area contributed by atoms with E-state index in [0.717, 1.165) is 21.9 Å². The molecule has 4 aromatic carbocycles. The van der Waals surface area contributed by atoms with Gasteiger partial charge in [-0.25, -0.2) is 4.90 Å². The number of amides is 2. The van der Waals surface area contributed by atoms with E-state index in [4.69, 9.17) is 4.74 Å². The molecule has 0 saturated carbocycles. The van der Waals surface area contributed by atoms with Crippen molar-refractivity contribution in [1.82, 2.24) is 4.90 Å². The van der Waals surface area contributed by atoms with Gasteiger partial charge in [0.15, 0.2) is 5.78 Å². The Kier molecular flexibility index (Phi) is 5.45. The second kappa shape index (κ2) is 8.92. The number of nitrogens with zero attached hydrogens (tertiary/aromatic N) is 2. The summed E-state index contributed by atoms with van der Waals surface area (Å²) >= 11 is 3.48. The third kappa shape index (κ3) is 3.49. The van der Waals surface area contributed by atoms with E-state index in [2.05, 4.69) is 15.9 Å². The number of hydrogen-bond donors (Lipinski definition) is 0. The molecule has 4 aromatic rings. The van der Waals surface area contributed by atoms with Crippen molar-refractivity contribution in [1.29, 1.82) is 0 Å². The van der Waals surface area contributed by atoms with E-state index in [-0.39, 0.29) is 17.6 Å². The lowest BCUT2D eigenvalue weighted by Gasteiger charge is -2.35. The van der Waals surface area contributed by atoms with E-state index in [1.54, 1.807) is 25.3 Å². The van der Waals surface area contributed by atoms with Gasteiger partial charge in [0.05, 0.1) is 35.1 Å². The number of halogens is 1. The zero-order chi connectivity index (χ0) is 26.8. The monoisotopic (exact) mass is 578 g/mol. The highest BCUT2D eigenvalue weighted by atomic mass is 79.9. The van der Waals surface area contributed by atoms with Crippen molar-refractivity contribution in [3.8, 4) is 5.75 Å². The number of benzene rings is 4. The summed E-state index contributed by atoms with van der Waals surface area (Å²) in [6.07, 6.45) is 3.82. The Labute approximate surface area is 233 Å². The van der Waals surface area contributed by atoms with Crippen molar-refractivity contribution in [3.05, 3.63) is 112 Å². The fourth-order valence-electron chi connectivity index (χ4n) is 6.42. The molecule has 0 radical (unpaired) electrons. The van der Waals surface area contributed by atoms with E-state index in [1.807, 2.05) is 83.9 Å². The van der Waals surface area contributed by atoms with Crippen LogP contribution in [0.5, 0.6) is 5.75 Å². The highest BCUT2D eigenvalue weighted by Gasteiger charge is 2.64. The van der Waals surface area contributed by atoms with Crippen LogP contribution in [0.1, 0.15) is 27.5 Å². The summed E-state index contributed by atoms with van der Waals surface area (Å²) in [5, 5.41) is 1.96. The number of ether oxygens (including phenoxy) is 1. The molecular weight excluding hydrogens is 556 g/mol. The molecule has 0 N–H and O–H groups in total. The summed E-state index contributed by atoms with van der Waals surface area (Å²) in [4.78, 5) is 45.7. The van der Waals surface area contributed by atoms with Crippen LogP contribution in [0.4, 0.5) is 5.69 Å². The minimum atomic E-state index is -0.827. The molecular formula is C32H23BrN2O4. The van der Waals surface area contributed by atoms with E-state index in [1.165, 1.54) is 4.90 Å². The van der Waals surface area contributed by atoms with Crippen molar-refractivity contribution in [2.75, 3.05) is 12.0 Å². The number of rotatable bonds is 4. The topological polar surface area (TPSA) is 66.9 Å². The molecule has 7 heteroatoms. The Morgan fingerprint density at radius 1 is 0.846 bits per heavy atom. The number of fused-ring (bicyclic) bond motifs is 6. The van der Waals surface area contributed by atoms with E-state index >= 15 is 0 Å². The first kappa shape index (κ1) is 23.9. The molecule has 0 aromatic heterocycles. The Morgan fingerprint density at radius 2 is 1.59 bits per heavy atom. The van der Waals surface area contributed by atoms with Crippen LogP contribution in [-0.2, 0) is 9.59 Å². The van der Waals surface area contributed by atoms with Crippen LogP contribution in [0.15, 0.2) is 95.6 Å². The normalized spacial score (nSPS) is 23.1. The van der Waals surface area contributed by atoms with Crippen molar-refractivity contribution in [3.63, 3.8) is 0 Å². The summed E-state index contributed by atoms with van der Waals surface area (Å²) in [5.74, 6) is -1.72. The number of carbonyl (C=O) groups is 3. The van der Waals surface area contributed by atoms with Crippen molar-refractivity contribution in [2.45, 2.75) is 12.1 Å². The third-order valence-electron chi connectivity index (χ3n) is 8.16. The summed E-state index contributed by atoms with van der Waals surface area (Å²) in [5.41, 5.74) is 2.91. The zero-order valence-corrected chi connectivity index (χ0v) is 22.5. The number of Topliss-reactive ketones (excluding diaryl/α,β-unsaturated/α-hetero) is 1.